The minimum Gasteiger partial charge on any atom is -0.497 e. The van der Waals surface area contributed by atoms with E-state index in [0.29, 0.717) is 0 Å². The maximum absolute atomic E-state index is 5.96. The van der Waals surface area contributed by atoms with E-state index in [4.69, 9.17) is 25.8 Å². The van der Waals surface area contributed by atoms with Crippen LogP contribution in [0.1, 0.15) is 29.0 Å². The molecule has 1 N–H and O–H groups in total. The number of ether oxygens (including phenoxy) is 3. The van der Waals surface area contributed by atoms with E-state index in [1.807, 2.05) is 42.5 Å². The summed E-state index contributed by atoms with van der Waals surface area (Å²) in [5, 5.41) is 4.30. The van der Waals surface area contributed by atoms with Crippen LogP contribution in [0.25, 0.3) is 0 Å². The molecule has 1 aliphatic heterocycles. The van der Waals surface area contributed by atoms with Crippen LogP contribution in [-0.2, 0) is 6.54 Å². The van der Waals surface area contributed by atoms with Crippen molar-refractivity contribution < 1.29 is 14.2 Å². The Bertz CT molecular complexity index is 941. The summed E-state index contributed by atoms with van der Waals surface area (Å²) < 4.78 is 16.4. The molecule has 0 saturated carbocycles. The number of fused-ring (bicyclic) bond motifs is 1. The Labute approximate surface area is 176 Å². The molecule has 0 spiro atoms. The molecule has 29 heavy (non-hydrogen) atoms. The molecule has 0 bridgehead atoms. The first-order valence-electron chi connectivity index (χ1n) is 9.71. The number of nitrogens with one attached hydrogen (secondary N) is 1. The minimum atomic E-state index is 0.244. The molecular weight excluding hydrogens is 386 g/mol. The molecule has 0 radical (unpaired) electrons. The van der Waals surface area contributed by atoms with Crippen molar-refractivity contribution >= 4 is 11.6 Å². The third-order valence-corrected chi connectivity index (χ3v) is 5.42. The summed E-state index contributed by atoms with van der Waals surface area (Å²) in [4.78, 5) is 0. The van der Waals surface area contributed by atoms with Gasteiger partial charge in [-0.1, -0.05) is 41.9 Å². The fraction of sp³-hybridized carbons (Fsp3) is 0.250. The van der Waals surface area contributed by atoms with Crippen molar-refractivity contribution in [3.63, 3.8) is 0 Å². The topological polar surface area (TPSA) is 39.7 Å². The molecule has 4 nitrogen and oxygen atoms in total. The minimum absolute atomic E-state index is 0.244. The molecule has 150 valence electrons. The van der Waals surface area contributed by atoms with Gasteiger partial charge in [0.25, 0.3) is 0 Å². The van der Waals surface area contributed by atoms with Crippen LogP contribution in [0, 0.1) is 0 Å². The van der Waals surface area contributed by atoms with Crippen LogP contribution in [0.2, 0.25) is 5.02 Å². The molecule has 3 aromatic rings. The fourth-order valence-electron chi connectivity index (χ4n) is 3.57. The third kappa shape index (κ3) is 4.84. The largest absolute Gasteiger partial charge is 0.497 e. The van der Waals surface area contributed by atoms with E-state index < -0.39 is 0 Å². The predicted octanol–water partition coefficient (Wildman–Crippen LogP) is 5.39. The maximum Gasteiger partial charge on any atom is 0.231 e. The second-order valence-electron chi connectivity index (χ2n) is 7.03. The lowest BCUT2D eigenvalue weighted by Gasteiger charge is -2.19. The van der Waals surface area contributed by atoms with Crippen LogP contribution in [0.4, 0.5) is 0 Å². The van der Waals surface area contributed by atoms with Gasteiger partial charge in [0.05, 0.1) is 7.11 Å². The van der Waals surface area contributed by atoms with Gasteiger partial charge in [-0.2, -0.15) is 0 Å². The zero-order valence-corrected chi connectivity index (χ0v) is 17.1. The molecular formula is C24H24ClNO3. The van der Waals surface area contributed by atoms with Crippen molar-refractivity contribution in [2.75, 3.05) is 20.4 Å². The summed E-state index contributed by atoms with van der Waals surface area (Å²) in [6, 6.07) is 22.4. The molecule has 1 unspecified atom stereocenters. The first-order chi connectivity index (χ1) is 14.2. The molecule has 1 heterocycles. The van der Waals surface area contributed by atoms with Crippen LogP contribution in [0.5, 0.6) is 17.2 Å². The summed E-state index contributed by atoms with van der Waals surface area (Å²) >= 11 is 5.96. The van der Waals surface area contributed by atoms with E-state index >= 15 is 0 Å². The molecule has 0 aromatic heterocycles. The summed E-state index contributed by atoms with van der Waals surface area (Å²) in [5.74, 6) is 2.73. The van der Waals surface area contributed by atoms with E-state index in [1.54, 1.807) is 7.11 Å². The lowest BCUT2D eigenvalue weighted by atomic mass is 9.88. The Morgan fingerprint density at radius 3 is 2.41 bits per heavy atom. The lowest BCUT2D eigenvalue weighted by molar-refractivity contribution is 0.174. The van der Waals surface area contributed by atoms with Gasteiger partial charge in [0.1, 0.15) is 5.75 Å². The van der Waals surface area contributed by atoms with Gasteiger partial charge < -0.3 is 19.5 Å². The van der Waals surface area contributed by atoms with Crippen LogP contribution in [0.3, 0.4) is 0 Å². The second-order valence-corrected chi connectivity index (χ2v) is 7.47. The zero-order chi connectivity index (χ0) is 20.1. The molecule has 5 heteroatoms. The number of methoxy groups -OCH3 is 1. The average molecular weight is 410 g/mol. The predicted molar refractivity (Wildman–Crippen MR) is 115 cm³/mol. The van der Waals surface area contributed by atoms with Crippen LogP contribution in [-0.4, -0.2) is 20.4 Å². The highest BCUT2D eigenvalue weighted by atomic mass is 35.5. The first-order valence-corrected chi connectivity index (χ1v) is 10.1. The van der Waals surface area contributed by atoms with Gasteiger partial charge >= 0.3 is 0 Å². The van der Waals surface area contributed by atoms with Crippen LogP contribution >= 0.6 is 11.6 Å². The van der Waals surface area contributed by atoms with Crippen LogP contribution in [0.15, 0.2) is 66.7 Å². The molecule has 0 amide bonds. The van der Waals surface area contributed by atoms with Crippen molar-refractivity contribution in [1.29, 1.82) is 0 Å². The average Bonchev–Trinajstić information content (AvgIpc) is 3.23. The number of hydrogen-bond acceptors (Lipinski definition) is 4. The molecule has 3 aromatic carbocycles. The number of hydrogen-bond donors (Lipinski definition) is 1. The molecule has 0 saturated heterocycles. The highest BCUT2D eigenvalue weighted by molar-refractivity contribution is 6.30. The zero-order valence-electron chi connectivity index (χ0n) is 16.4. The van der Waals surface area contributed by atoms with Crippen molar-refractivity contribution in [2.24, 2.45) is 0 Å². The number of halogens is 1. The fourth-order valence-corrected chi connectivity index (χ4v) is 3.70. The van der Waals surface area contributed by atoms with Crippen molar-refractivity contribution in [3.8, 4) is 17.2 Å². The second kappa shape index (κ2) is 9.21. The standard InChI is InChI=1S/C24H24ClNO3/c1-27-21-9-4-18(5-10-21)22(19-6-11-23-24(14-19)29-16-28-23)12-13-26-15-17-2-7-20(25)8-3-17/h2-11,14,22,26H,12-13,15-16H2,1H3. The molecule has 1 atom stereocenters. The van der Waals surface area contributed by atoms with Gasteiger partial charge in [-0.25, -0.2) is 0 Å². The van der Waals surface area contributed by atoms with E-state index in [9.17, 15) is 0 Å². The number of benzene rings is 3. The Morgan fingerprint density at radius 1 is 0.931 bits per heavy atom. The highest BCUT2D eigenvalue weighted by Crippen LogP contribution is 2.37. The lowest BCUT2D eigenvalue weighted by Crippen LogP contribution is -2.17. The Morgan fingerprint density at radius 2 is 1.66 bits per heavy atom. The summed E-state index contributed by atoms with van der Waals surface area (Å²) in [5.41, 5.74) is 3.68. The van der Waals surface area contributed by atoms with Crippen molar-refractivity contribution in [3.05, 3.63) is 88.4 Å². The van der Waals surface area contributed by atoms with Crippen LogP contribution < -0.4 is 19.5 Å². The van der Waals surface area contributed by atoms with Crippen molar-refractivity contribution in [2.45, 2.75) is 18.9 Å². The number of rotatable bonds is 8. The van der Waals surface area contributed by atoms with Gasteiger partial charge in [0, 0.05) is 17.5 Å². The molecule has 1 aliphatic rings. The van der Waals surface area contributed by atoms with Gasteiger partial charge in [-0.3, -0.25) is 0 Å². The van der Waals surface area contributed by atoms with Gasteiger partial charge in [-0.05, 0) is 66.1 Å². The van der Waals surface area contributed by atoms with Gasteiger partial charge in [0.2, 0.25) is 6.79 Å². The first kappa shape index (κ1) is 19.6. The van der Waals surface area contributed by atoms with E-state index in [1.165, 1.54) is 16.7 Å². The molecule has 0 aliphatic carbocycles. The smallest absolute Gasteiger partial charge is 0.231 e. The van der Waals surface area contributed by atoms with E-state index in [0.717, 1.165) is 41.8 Å². The molecule has 4 rings (SSSR count). The van der Waals surface area contributed by atoms with Gasteiger partial charge in [0.15, 0.2) is 11.5 Å². The normalized spacial score (nSPS) is 13.3. The Balaban J connectivity index is 1.47. The Hall–Kier alpha value is -2.69. The SMILES string of the molecule is COc1ccc(C(CCNCc2ccc(Cl)cc2)c2ccc3c(c2)OCO3)cc1. The monoisotopic (exact) mass is 409 g/mol. The summed E-state index contributed by atoms with van der Waals surface area (Å²) in [6.45, 7) is 1.98. The summed E-state index contributed by atoms with van der Waals surface area (Å²) in [7, 11) is 1.69. The molecule has 0 fully saturated rings. The van der Waals surface area contributed by atoms with E-state index in [-0.39, 0.29) is 12.7 Å². The highest BCUT2D eigenvalue weighted by Gasteiger charge is 2.19. The van der Waals surface area contributed by atoms with E-state index in [2.05, 4.69) is 29.6 Å². The Kier molecular flexibility index (Phi) is 6.23. The quantitative estimate of drug-likeness (QED) is 0.506. The maximum atomic E-state index is 5.96. The van der Waals surface area contributed by atoms with Gasteiger partial charge in [-0.15, -0.1) is 0 Å². The third-order valence-electron chi connectivity index (χ3n) is 5.17. The van der Waals surface area contributed by atoms with Crippen molar-refractivity contribution in [1.82, 2.24) is 5.32 Å². The summed E-state index contributed by atoms with van der Waals surface area (Å²) in [6.07, 6.45) is 0.958.